The molecule has 94 valence electrons. The van der Waals surface area contributed by atoms with Crippen molar-refractivity contribution in [3.63, 3.8) is 0 Å². The summed E-state index contributed by atoms with van der Waals surface area (Å²) in [5, 5.41) is 0.434. The van der Waals surface area contributed by atoms with Gasteiger partial charge in [-0.05, 0) is 47.7 Å². The molecule has 0 saturated carbocycles. The van der Waals surface area contributed by atoms with E-state index in [0.29, 0.717) is 10.6 Å². The van der Waals surface area contributed by atoms with Crippen LogP contribution in [-0.4, -0.2) is 0 Å². The SMILES string of the molecule is CCc1cccc(CC)c1-c1ccc(Cl)cc1F. The summed E-state index contributed by atoms with van der Waals surface area (Å²) in [7, 11) is 0. The van der Waals surface area contributed by atoms with Crippen molar-refractivity contribution in [3.8, 4) is 11.1 Å². The second-order valence-corrected chi connectivity index (χ2v) is 4.72. The van der Waals surface area contributed by atoms with Crippen molar-refractivity contribution in [2.45, 2.75) is 26.7 Å². The molecule has 0 fully saturated rings. The van der Waals surface area contributed by atoms with E-state index in [0.717, 1.165) is 18.4 Å². The molecule has 0 aromatic heterocycles. The second-order valence-electron chi connectivity index (χ2n) is 4.28. The van der Waals surface area contributed by atoms with E-state index in [2.05, 4.69) is 26.0 Å². The fraction of sp³-hybridized carbons (Fsp3) is 0.250. The van der Waals surface area contributed by atoms with Gasteiger partial charge in [0, 0.05) is 10.6 Å². The first-order valence-electron chi connectivity index (χ1n) is 6.23. The van der Waals surface area contributed by atoms with E-state index in [-0.39, 0.29) is 5.82 Å². The Morgan fingerprint density at radius 3 is 2.11 bits per heavy atom. The van der Waals surface area contributed by atoms with Gasteiger partial charge in [0.05, 0.1) is 0 Å². The summed E-state index contributed by atoms with van der Waals surface area (Å²) < 4.78 is 14.1. The first-order valence-corrected chi connectivity index (χ1v) is 6.61. The largest absolute Gasteiger partial charge is 0.206 e. The average molecular weight is 263 g/mol. The predicted octanol–water partition coefficient (Wildman–Crippen LogP) is 5.27. The third-order valence-corrected chi connectivity index (χ3v) is 3.43. The van der Waals surface area contributed by atoms with Crippen LogP contribution >= 0.6 is 11.6 Å². The van der Waals surface area contributed by atoms with Crippen molar-refractivity contribution in [3.05, 3.63) is 58.4 Å². The molecule has 0 bridgehead atoms. The van der Waals surface area contributed by atoms with Gasteiger partial charge < -0.3 is 0 Å². The minimum atomic E-state index is -0.252. The van der Waals surface area contributed by atoms with Crippen LogP contribution in [-0.2, 0) is 12.8 Å². The smallest absolute Gasteiger partial charge is 0.132 e. The zero-order valence-corrected chi connectivity index (χ0v) is 11.4. The van der Waals surface area contributed by atoms with Crippen LogP contribution in [0, 0.1) is 5.82 Å². The molecule has 0 saturated heterocycles. The third-order valence-electron chi connectivity index (χ3n) is 3.20. The zero-order valence-electron chi connectivity index (χ0n) is 10.6. The van der Waals surface area contributed by atoms with Crippen molar-refractivity contribution < 1.29 is 4.39 Å². The summed E-state index contributed by atoms with van der Waals surface area (Å²) in [5.74, 6) is -0.252. The molecule has 2 rings (SSSR count). The van der Waals surface area contributed by atoms with E-state index in [1.807, 2.05) is 6.07 Å². The molecule has 0 spiro atoms. The number of benzene rings is 2. The molecule has 0 nitrogen and oxygen atoms in total. The number of halogens is 2. The van der Waals surface area contributed by atoms with Crippen LogP contribution in [0.1, 0.15) is 25.0 Å². The van der Waals surface area contributed by atoms with E-state index < -0.39 is 0 Å². The molecule has 0 N–H and O–H groups in total. The van der Waals surface area contributed by atoms with Crippen LogP contribution in [0.2, 0.25) is 5.02 Å². The predicted molar refractivity (Wildman–Crippen MR) is 75.6 cm³/mol. The third kappa shape index (κ3) is 2.41. The van der Waals surface area contributed by atoms with E-state index in [4.69, 9.17) is 11.6 Å². The molecule has 0 unspecified atom stereocenters. The average Bonchev–Trinajstić information content (AvgIpc) is 2.38. The molecule has 18 heavy (non-hydrogen) atoms. The van der Waals surface area contributed by atoms with Crippen LogP contribution in [0.4, 0.5) is 4.39 Å². The number of rotatable bonds is 3. The first-order chi connectivity index (χ1) is 8.67. The molecule has 0 aliphatic carbocycles. The van der Waals surface area contributed by atoms with Crippen molar-refractivity contribution in [2.75, 3.05) is 0 Å². The fourth-order valence-electron chi connectivity index (χ4n) is 2.28. The molecule has 2 heteroatoms. The van der Waals surface area contributed by atoms with Gasteiger partial charge in [-0.25, -0.2) is 4.39 Å². The highest BCUT2D eigenvalue weighted by atomic mass is 35.5. The summed E-state index contributed by atoms with van der Waals surface area (Å²) >= 11 is 5.81. The molecular weight excluding hydrogens is 247 g/mol. The summed E-state index contributed by atoms with van der Waals surface area (Å²) in [5.41, 5.74) is 4.02. The Morgan fingerprint density at radius 1 is 1.00 bits per heavy atom. The van der Waals surface area contributed by atoms with E-state index >= 15 is 0 Å². The molecule has 2 aromatic carbocycles. The Bertz CT molecular complexity index is 539. The van der Waals surface area contributed by atoms with E-state index in [1.165, 1.54) is 17.2 Å². The highest BCUT2D eigenvalue weighted by Gasteiger charge is 2.12. The maximum Gasteiger partial charge on any atom is 0.132 e. The minimum Gasteiger partial charge on any atom is -0.206 e. The lowest BCUT2D eigenvalue weighted by Crippen LogP contribution is -1.96. The lowest BCUT2D eigenvalue weighted by molar-refractivity contribution is 0.631. The lowest BCUT2D eigenvalue weighted by Gasteiger charge is -2.14. The Balaban J connectivity index is 2.68. The summed E-state index contributed by atoms with van der Waals surface area (Å²) in [4.78, 5) is 0. The highest BCUT2D eigenvalue weighted by Crippen LogP contribution is 2.32. The Labute approximate surface area is 112 Å². The molecule has 0 atom stereocenters. The van der Waals surface area contributed by atoms with Gasteiger partial charge in [0.2, 0.25) is 0 Å². The monoisotopic (exact) mass is 262 g/mol. The van der Waals surface area contributed by atoms with Crippen LogP contribution in [0.25, 0.3) is 11.1 Å². The van der Waals surface area contributed by atoms with Crippen LogP contribution in [0.15, 0.2) is 36.4 Å². The van der Waals surface area contributed by atoms with Crippen molar-refractivity contribution in [1.82, 2.24) is 0 Å². The van der Waals surface area contributed by atoms with Crippen molar-refractivity contribution in [2.24, 2.45) is 0 Å². The van der Waals surface area contributed by atoms with E-state index in [1.54, 1.807) is 12.1 Å². The van der Waals surface area contributed by atoms with Gasteiger partial charge in [-0.15, -0.1) is 0 Å². The maximum atomic E-state index is 14.1. The number of hydrogen-bond donors (Lipinski definition) is 0. The van der Waals surface area contributed by atoms with Crippen molar-refractivity contribution in [1.29, 1.82) is 0 Å². The van der Waals surface area contributed by atoms with E-state index in [9.17, 15) is 4.39 Å². The molecule has 0 aliphatic heterocycles. The number of hydrogen-bond acceptors (Lipinski definition) is 0. The summed E-state index contributed by atoms with van der Waals surface area (Å²) in [6, 6.07) is 11.0. The van der Waals surface area contributed by atoms with Gasteiger partial charge in [0.1, 0.15) is 5.82 Å². The highest BCUT2D eigenvalue weighted by molar-refractivity contribution is 6.30. The van der Waals surface area contributed by atoms with Gasteiger partial charge >= 0.3 is 0 Å². The second kappa shape index (κ2) is 5.53. The zero-order chi connectivity index (χ0) is 13.1. The maximum absolute atomic E-state index is 14.1. The first kappa shape index (κ1) is 13.1. The lowest BCUT2D eigenvalue weighted by atomic mass is 9.91. The van der Waals surface area contributed by atoms with Gasteiger partial charge in [-0.1, -0.05) is 43.6 Å². The minimum absolute atomic E-state index is 0.252. The fourth-order valence-corrected chi connectivity index (χ4v) is 2.44. The van der Waals surface area contributed by atoms with Gasteiger partial charge in [-0.3, -0.25) is 0 Å². The Morgan fingerprint density at radius 2 is 1.61 bits per heavy atom. The molecule has 0 heterocycles. The van der Waals surface area contributed by atoms with Crippen molar-refractivity contribution >= 4 is 11.6 Å². The molecule has 2 aromatic rings. The van der Waals surface area contributed by atoms with Gasteiger partial charge in [0.25, 0.3) is 0 Å². The van der Waals surface area contributed by atoms with Crippen LogP contribution in [0.5, 0.6) is 0 Å². The quantitative estimate of drug-likeness (QED) is 0.707. The Kier molecular flexibility index (Phi) is 4.03. The normalized spacial score (nSPS) is 10.7. The van der Waals surface area contributed by atoms with Crippen LogP contribution < -0.4 is 0 Å². The number of aryl methyl sites for hydroxylation is 2. The topological polar surface area (TPSA) is 0 Å². The van der Waals surface area contributed by atoms with Gasteiger partial charge in [-0.2, -0.15) is 0 Å². The van der Waals surface area contributed by atoms with Gasteiger partial charge in [0.15, 0.2) is 0 Å². The summed E-state index contributed by atoms with van der Waals surface area (Å²) in [6.45, 7) is 4.18. The molecule has 0 aliphatic rings. The molecular formula is C16H16ClF. The standard InChI is InChI=1S/C16H16ClF/c1-3-11-6-5-7-12(4-2)16(11)14-9-8-13(17)10-15(14)18/h5-10H,3-4H2,1-2H3. The molecule has 0 amide bonds. The molecule has 0 radical (unpaired) electrons. The Hall–Kier alpha value is -1.34. The van der Waals surface area contributed by atoms with Crippen LogP contribution in [0.3, 0.4) is 0 Å². The summed E-state index contributed by atoms with van der Waals surface area (Å²) in [6.07, 6.45) is 1.79.